The minimum Gasteiger partial charge on any atom is -0.0683 e. The predicted molar refractivity (Wildman–Crippen MR) is 176 cm³/mol. The summed E-state index contributed by atoms with van der Waals surface area (Å²) in [6, 6.07) is 29.5. The van der Waals surface area contributed by atoms with Crippen molar-refractivity contribution in [1.82, 2.24) is 0 Å². The molecule has 0 aliphatic heterocycles. The third kappa shape index (κ3) is 18.8. The van der Waals surface area contributed by atoms with Gasteiger partial charge >= 0.3 is 0 Å². The molecule has 1 saturated carbocycles. The lowest BCUT2D eigenvalue weighted by molar-refractivity contribution is 0.685. The molecule has 0 nitrogen and oxygen atoms in total. The Morgan fingerprint density at radius 1 is 0.263 bits per heavy atom. The van der Waals surface area contributed by atoms with Crippen molar-refractivity contribution in [2.45, 2.75) is 132 Å². The van der Waals surface area contributed by atoms with E-state index in [0.717, 1.165) is 0 Å². The third-order valence-corrected chi connectivity index (χ3v) is 6.19. The Labute approximate surface area is 239 Å². The van der Waals surface area contributed by atoms with E-state index in [4.69, 9.17) is 0 Å². The quantitative estimate of drug-likeness (QED) is 0.277. The molecular weight excluding hydrogens is 456 g/mol. The van der Waals surface area contributed by atoms with Crippen LogP contribution in [0.5, 0.6) is 0 Å². The second-order valence-electron chi connectivity index (χ2n) is 8.52. The summed E-state index contributed by atoms with van der Waals surface area (Å²) in [6.07, 6.45) is 16.8. The molecule has 0 aromatic heterocycles. The first kappa shape index (κ1) is 37.8. The highest BCUT2D eigenvalue weighted by molar-refractivity contribution is 5.30. The summed E-state index contributed by atoms with van der Waals surface area (Å²) in [5.74, 6) is 0. The first-order chi connectivity index (χ1) is 18.9. The van der Waals surface area contributed by atoms with Crippen molar-refractivity contribution in [1.29, 1.82) is 0 Å². The molecule has 3 aliphatic rings. The van der Waals surface area contributed by atoms with Crippen LogP contribution < -0.4 is 0 Å². The van der Waals surface area contributed by atoms with Gasteiger partial charge in [-0.25, -0.2) is 0 Å². The van der Waals surface area contributed by atoms with Crippen molar-refractivity contribution in [3.05, 3.63) is 107 Å². The molecule has 0 spiro atoms. The zero-order valence-corrected chi connectivity index (χ0v) is 26.6. The third-order valence-electron chi connectivity index (χ3n) is 6.19. The van der Waals surface area contributed by atoms with Gasteiger partial charge in [0.15, 0.2) is 0 Å². The fraction of sp³-hybridized carbons (Fsp3) is 0.526. The van der Waals surface area contributed by atoms with Crippen LogP contribution in [0.15, 0.2) is 84.9 Å². The molecule has 0 amide bonds. The van der Waals surface area contributed by atoms with Gasteiger partial charge in [0.1, 0.15) is 0 Å². The molecule has 38 heavy (non-hydrogen) atoms. The van der Waals surface area contributed by atoms with Crippen molar-refractivity contribution in [2.75, 3.05) is 0 Å². The van der Waals surface area contributed by atoms with Gasteiger partial charge in [-0.3, -0.25) is 0 Å². The molecule has 0 unspecified atom stereocenters. The maximum atomic E-state index is 2.26. The second kappa shape index (κ2) is 30.9. The number of benzene rings is 3. The first-order valence-electron chi connectivity index (χ1n) is 16.1. The number of hydrogen-bond donors (Lipinski definition) is 0. The van der Waals surface area contributed by atoms with Crippen LogP contribution in [-0.4, -0.2) is 0 Å². The van der Waals surface area contributed by atoms with Gasteiger partial charge in [0, 0.05) is 0 Å². The molecular formula is C38H62. The highest BCUT2D eigenvalue weighted by Crippen LogP contribution is 2.20. The first-order valence-corrected chi connectivity index (χ1v) is 16.1. The van der Waals surface area contributed by atoms with E-state index in [-0.39, 0.29) is 0 Å². The highest BCUT2D eigenvalue weighted by Gasteiger charge is 2.07. The summed E-state index contributed by atoms with van der Waals surface area (Å²) in [4.78, 5) is 0. The summed E-state index contributed by atoms with van der Waals surface area (Å²) in [6.45, 7) is 16.0. The molecule has 0 heterocycles. The van der Waals surface area contributed by atoms with E-state index < -0.39 is 0 Å². The molecule has 6 rings (SSSR count). The summed E-state index contributed by atoms with van der Waals surface area (Å²) >= 11 is 0. The minimum absolute atomic E-state index is 1.30. The molecule has 3 aromatic rings. The molecule has 3 aliphatic carbocycles. The molecule has 3 aromatic carbocycles. The van der Waals surface area contributed by atoms with E-state index in [1.807, 2.05) is 91.8 Å². The summed E-state index contributed by atoms with van der Waals surface area (Å²) in [7, 11) is 0. The number of fused-ring (bicyclic) bond motifs is 2. The normalized spacial score (nSPS) is 13.1. The lowest BCUT2D eigenvalue weighted by Gasteiger charge is -2.13. The Bertz CT molecular complexity index is 732. The fourth-order valence-corrected chi connectivity index (χ4v) is 4.46. The van der Waals surface area contributed by atoms with Gasteiger partial charge < -0.3 is 0 Å². The Balaban J connectivity index is 0. The van der Waals surface area contributed by atoms with E-state index in [1.165, 1.54) is 77.0 Å². The standard InChI is InChI=1S/C10H12.C9H10.C6H6.C5H10.4C2H6/c1-2-6-10-8-4-3-7-9(10)5-1;1-2-5-9-7-3-6-8(9)4-1;1-2-4-6-5-3-1;1-2-4-5-3-1;4*1-2/h1-2,5-6H,3-4,7-8H2;1-2,4-5H,3,6-7H2;1-6H;1-5H2;4*1-2H3. The van der Waals surface area contributed by atoms with E-state index in [9.17, 15) is 0 Å². The van der Waals surface area contributed by atoms with E-state index in [0.29, 0.717) is 0 Å². The van der Waals surface area contributed by atoms with Crippen LogP contribution in [0.1, 0.15) is 129 Å². The zero-order valence-electron chi connectivity index (χ0n) is 26.6. The molecule has 0 saturated heterocycles. The van der Waals surface area contributed by atoms with Gasteiger partial charge in [0.25, 0.3) is 0 Å². The Kier molecular flexibility index (Phi) is 30.7. The minimum atomic E-state index is 1.30. The average Bonchev–Trinajstić information content (AvgIpc) is 3.79. The van der Waals surface area contributed by atoms with Gasteiger partial charge in [-0.1, -0.05) is 172 Å². The largest absolute Gasteiger partial charge is 0.0683 e. The van der Waals surface area contributed by atoms with Crippen LogP contribution in [0.4, 0.5) is 0 Å². The number of aryl methyl sites for hydroxylation is 4. The Hall–Kier alpha value is -2.34. The van der Waals surface area contributed by atoms with Crippen LogP contribution in [-0.2, 0) is 25.7 Å². The topological polar surface area (TPSA) is 0 Å². The highest BCUT2D eigenvalue weighted by atomic mass is 14.1. The lowest BCUT2D eigenvalue weighted by atomic mass is 9.92. The molecule has 0 heteroatoms. The molecule has 0 bridgehead atoms. The van der Waals surface area contributed by atoms with Crippen molar-refractivity contribution in [3.63, 3.8) is 0 Å². The van der Waals surface area contributed by atoms with Gasteiger partial charge in [-0.15, -0.1) is 0 Å². The van der Waals surface area contributed by atoms with Crippen LogP contribution >= 0.6 is 0 Å². The van der Waals surface area contributed by atoms with Gasteiger partial charge in [-0.05, 0) is 67.2 Å². The van der Waals surface area contributed by atoms with Crippen molar-refractivity contribution in [3.8, 4) is 0 Å². The predicted octanol–water partition coefficient (Wildman–Crippen LogP) is 12.5. The van der Waals surface area contributed by atoms with Crippen LogP contribution in [0.2, 0.25) is 0 Å². The maximum Gasteiger partial charge on any atom is -0.0273 e. The smallest absolute Gasteiger partial charge is 0.0273 e. The monoisotopic (exact) mass is 518 g/mol. The Morgan fingerprint density at radius 3 is 0.711 bits per heavy atom. The van der Waals surface area contributed by atoms with Gasteiger partial charge in [0.05, 0.1) is 0 Å². The molecule has 0 radical (unpaired) electrons. The van der Waals surface area contributed by atoms with Crippen LogP contribution in [0, 0.1) is 0 Å². The lowest BCUT2D eigenvalue weighted by Crippen LogP contribution is -2.00. The number of hydrogen-bond acceptors (Lipinski definition) is 0. The zero-order chi connectivity index (χ0) is 28.7. The molecule has 214 valence electrons. The van der Waals surface area contributed by atoms with Crippen molar-refractivity contribution >= 4 is 0 Å². The van der Waals surface area contributed by atoms with Gasteiger partial charge in [-0.2, -0.15) is 0 Å². The maximum absolute atomic E-state index is 2.26. The van der Waals surface area contributed by atoms with Crippen molar-refractivity contribution in [2.24, 2.45) is 0 Å². The molecule has 0 atom stereocenters. The molecule has 1 fully saturated rings. The summed E-state index contributed by atoms with van der Waals surface area (Å²) in [5.41, 5.74) is 6.29. The second-order valence-corrected chi connectivity index (χ2v) is 8.52. The van der Waals surface area contributed by atoms with E-state index in [2.05, 4.69) is 48.5 Å². The summed E-state index contributed by atoms with van der Waals surface area (Å²) < 4.78 is 0. The van der Waals surface area contributed by atoms with E-state index >= 15 is 0 Å². The van der Waals surface area contributed by atoms with E-state index in [1.54, 1.807) is 22.3 Å². The average molecular weight is 519 g/mol. The summed E-state index contributed by atoms with van der Waals surface area (Å²) in [5, 5.41) is 0. The van der Waals surface area contributed by atoms with Crippen LogP contribution in [0.25, 0.3) is 0 Å². The fourth-order valence-electron chi connectivity index (χ4n) is 4.46. The SMILES string of the molecule is C1CCCC1.CC.CC.CC.CC.c1ccc2c(c1)CCC2.c1ccc2c(c1)CCCC2.c1ccccc1. The number of rotatable bonds is 0. The van der Waals surface area contributed by atoms with Gasteiger partial charge in [0.2, 0.25) is 0 Å². The van der Waals surface area contributed by atoms with Crippen molar-refractivity contribution < 1.29 is 0 Å². The Morgan fingerprint density at radius 2 is 0.474 bits per heavy atom. The molecule has 0 N–H and O–H groups in total. The van der Waals surface area contributed by atoms with Crippen LogP contribution in [0.3, 0.4) is 0 Å².